The van der Waals surface area contributed by atoms with Crippen LogP contribution in [0.1, 0.15) is 47.6 Å². The van der Waals surface area contributed by atoms with Crippen molar-refractivity contribution in [1.82, 2.24) is 0 Å². The van der Waals surface area contributed by atoms with Gasteiger partial charge in [-0.1, -0.05) is 60.7 Å². The Morgan fingerprint density at radius 3 is 1.74 bits per heavy atom. The fourth-order valence-corrected chi connectivity index (χ4v) is 14.1. The molecule has 0 aromatic heterocycles. The summed E-state index contributed by atoms with van der Waals surface area (Å²) in [5.74, 6) is 0. The molecule has 0 amide bonds. The second-order valence-corrected chi connectivity index (χ2v) is 17.6. The van der Waals surface area contributed by atoms with Gasteiger partial charge in [-0.05, 0) is 24.0 Å². The van der Waals surface area contributed by atoms with Crippen molar-refractivity contribution < 1.29 is 23.2 Å². The zero-order valence-electron chi connectivity index (χ0n) is 25.4. The molecule has 2 aliphatic carbocycles. The van der Waals surface area contributed by atoms with Gasteiger partial charge in [0.25, 0.3) is 0 Å². The molecule has 0 nitrogen and oxygen atoms in total. The van der Waals surface area contributed by atoms with Crippen LogP contribution < -0.4 is 0 Å². The van der Waals surface area contributed by atoms with Gasteiger partial charge in [-0.25, -0.2) is 0 Å². The Bertz CT molecular complexity index is 1680. The summed E-state index contributed by atoms with van der Waals surface area (Å²) >= 11 is -0.762. The monoisotopic (exact) mass is 652 g/mol. The first kappa shape index (κ1) is 29.9. The zero-order valence-corrected chi connectivity index (χ0v) is 28.7. The van der Waals surface area contributed by atoms with E-state index in [-0.39, 0.29) is 7.92 Å². The number of hydrogen-bond acceptors (Lipinski definition) is 0. The molecular weight excluding hydrogens is 615 g/mol. The smallest absolute Gasteiger partial charge is 0.0238 e. The summed E-state index contributed by atoms with van der Waals surface area (Å²) in [7, 11) is -0.0472. The number of allylic oxidation sites excluding steroid dienone is 2. The van der Waals surface area contributed by atoms with Gasteiger partial charge in [0.05, 0.1) is 0 Å². The van der Waals surface area contributed by atoms with Crippen molar-refractivity contribution in [2.75, 3.05) is 13.3 Å². The van der Waals surface area contributed by atoms with Crippen LogP contribution in [-0.4, -0.2) is 13.3 Å². The topological polar surface area (TPSA) is 0 Å². The Hall–Kier alpha value is -3.11. The Labute approximate surface area is 270 Å². The molecule has 2 atom stereocenters. The maximum atomic E-state index is 2.52. The molecule has 0 heterocycles. The third-order valence-electron chi connectivity index (χ3n) is 8.51. The van der Waals surface area contributed by atoms with Gasteiger partial charge < -0.3 is 0 Å². The third kappa shape index (κ3) is 7.01. The first-order valence-corrected chi connectivity index (χ1v) is 20.3. The van der Waals surface area contributed by atoms with Crippen LogP contribution in [0.5, 0.6) is 0 Å². The van der Waals surface area contributed by atoms with Crippen LogP contribution in [0.3, 0.4) is 0 Å². The molecule has 2 aliphatic rings. The number of hydrogen-bond donors (Lipinski definition) is 0. The average Bonchev–Trinajstić information content (AvgIpc) is 3.59. The summed E-state index contributed by atoms with van der Waals surface area (Å²) < 4.78 is 1.39. The van der Waals surface area contributed by atoms with E-state index in [2.05, 4.69) is 166 Å². The largest absolute Gasteiger partial charge is 0.0622 e. The molecular formula is C41H39PZr. The first-order valence-electron chi connectivity index (χ1n) is 15.3. The van der Waals surface area contributed by atoms with Crippen molar-refractivity contribution in [2.24, 2.45) is 0 Å². The molecule has 0 fully saturated rings. The molecule has 0 spiro atoms. The van der Waals surface area contributed by atoms with Crippen molar-refractivity contribution in [3.63, 3.8) is 0 Å². The molecule has 0 saturated carbocycles. The normalized spacial score (nSPS) is 16.5. The molecule has 2 heteroatoms. The van der Waals surface area contributed by atoms with E-state index < -0.39 is 23.2 Å². The van der Waals surface area contributed by atoms with Crippen LogP contribution in [0.4, 0.5) is 0 Å². The van der Waals surface area contributed by atoms with Crippen molar-refractivity contribution in [3.05, 3.63) is 178 Å². The minimum atomic E-state index is -0.762. The fourth-order valence-electron chi connectivity index (χ4n) is 6.26. The number of fused-ring (bicyclic) bond motifs is 2. The van der Waals surface area contributed by atoms with Crippen LogP contribution >= 0.6 is 7.92 Å². The van der Waals surface area contributed by atoms with Gasteiger partial charge in [-0.15, -0.1) is 0 Å². The van der Waals surface area contributed by atoms with E-state index >= 15 is 0 Å². The summed E-state index contributed by atoms with van der Waals surface area (Å²) in [6, 6.07) is 48.2. The summed E-state index contributed by atoms with van der Waals surface area (Å²) in [5.41, 5.74) is 13.2. The molecule has 0 N–H and O–H groups in total. The molecule has 0 radical (unpaired) electrons. The molecule has 2 unspecified atom stereocenters. The standard InChI is InChI=1S/C16H13.C14H14.C11H12P.Zr/c1-12-10-14-8-5-9-15(16(14)11-12)13-6-3-2-4-7-13;1-3-7-13(8-4-1)11-12-14-9-5-2-6-10-14;1-12(2)11-7-9-5-3-4-6-10(9)8-11;/h2-11H,1H3;1-10H,11-12H2;3-8H,1-2H3;. The van der Waals surface area contributed by atoms with Crippen molar-refractivity contribution in [2.45, 2.75) is 27.0 Å². The van der Waals surface area contributed by atoms with Crippen molar-refractivity contribution >= 4 is 20.1 Å². The van der Waals surface area contributed by atoms with Crippen LogP contribution in [0.25, 0.3) is 23.3 Å². The molecule has 5 aromatic rings. The Balaban J connectivity index is 0.000000197. The summed E-state index contributed by atoms with van der Waals surface area (Å²) in [6.45, 7) is 7.22. The summed E-state index contributed by atoms with van der Waals surface area (Å²) in [5, 5.41) is 1.73. The maximum absolute atomic E-state index is 2.52. The first-order chi connectivity index (χ1) is 21.1. The second-order valence-electron chi connectivity index (χ2n) is 11.7. The minimum absolute atomic E-state index is 0.0472. The Morgan fingerprint density at radius 1 is 0.558 bits per heavy atom. The Morgan fingerprint density at radius 2 is 1.12 bits per heavy atom. The van der Waals surface area contributed by atoms with Crippen LogP contribution in [0, 0.1) is 0 Å². The third-order valence-corrected chi connectivity index (χ3v) is 15.6. The average molecular weight is 654 g/mol. The van der Waals surface area contributed by atoms with E-state index in [4.69, 9.17) is 0 Å². The zero-order chi connectivity index (χ0) is 29.6. The molecule has 0 bridgehead atoms. The van der Waals surface area contributed by atoms with Crippen LogP contribution in [0.15, 0.2) is 144 Å². The summed E-state index contributed by atoms with van der Waals surface area (Å²) in [6.07, 6.45) is 7.26. The molecule has 7 rings (SSSR count). The van der Waals surface area contributed by atoms with E-state index in [9.17, 15) is 0 Å². The predicted molar refractivity (Wildman–Crippen MR) is 184 cm³/mol. The van der Waals surface area contributed by atoms with Crippen LogP contribution in [0.2, 0.25) is 0 Å². The van der Waals surface area contributed by atoms with E-state index in [0.717, 1.165) is 16.5 Å². The predicted octanol–water partition coefficient (Wildman–Crippen LogP) is 11.2. The number of rotatable bonds is 7. The number of aryl methyl sites for hydroxylation is 2. The minimum Gasteiger partial charge on any atom is -0.0622 e. The molecule has 0 saturated heterocycles. The molecule has 5 aromatic carbocycles. The van der Waals surface area contributed by atoms with Gasteiger partial charge in [0.15, 0.2) is 0 Å². The fraction of sp³-hybridized carbons (Fsp3) is 0.171. The second kappa shape index (κ2) is 14.1. The van der Waals surface area contributed by atoms with Crippen molar-refractivity contribution in [1.29, 1.82) is 0 Å². The number of benzene rings is 5. The van der Waals surface area contributed by atoms with E-state index in [0.29, 0.717) is 3.63 Å². The maximum Gasteiger partial charge on any atom is -0.0238 e. The Kier molecular flexibility index (Phi) is 9.83. The summed E-state index contributed by atoms with van der Waals surface area (Å²) in [4.78, 5) is 0. The van der Waals surface area contributed by atoms with Crippen LogP contribution in [-0.2, 0) is 36.1 Å². The van der Waals surface area contributed by atoms with Gasteiger partial charge in [-0.2, -0.15) is 0 Å². The van der Waals surface area contributed by atoms with Gasteiger partial charge >= 0.3 is 188 Å². The van der Waals surface area contributed by atoms with E-state index in [1.54, 1.807) is 22.0 Å². The van der Waals surface area contributed by atoms with Gasteiger partial charge in [0, 0.05) is 0 Å². The van der Waals surface area contributed by atoms with E-state index in [1.165, 1.54) is 33.4 Å². The quantitative estimate of drug-likeness (QED) is 0.153. The van der Waals surface area contributed by atoms with Crippen molar-refractivity contribution in [3.8, 4) is 11.1 Å². The SMILES string of the molecule is CC1=Cc2c(-c3ccccc3)cccc2[CH]1[Zr][CH]1C(P(C)C)=Cc2ccccc21.c1ccc(CCc2ccccc2)cc1. The molecule has 43 heavy (non-hydrogen) atoms. The van der Waals surface area contributed by atoms with Gasteiger partial charge in [0.1, 0.15) is 0 Å². The van der Waals surface area contributed by atoms with E-state index in [1.807, 2.05) is 0 Å². The van der Waals surface area contributed by atoms with Gasteiger partial charge in [0.2, 0.25) is 0 Å². The molecule has 212 valence electrons. The van der Waals surface area contributed by atoms with Gasteiger partial charge in [-0.3, -0.25) is 0 Å². The molecule has 0 aliphatic heterocycles.